The Labute approximate surface area is 117 Å². The standard InChI is InChI=1S/C15H17N3O2/c1-16-14-9-20-8-12(14)15(19)18-13-4-2-3-10-7-17-6-5-11(10)13/h2-7,12,14,16H,8-9H2,1H3,(H,18,19). The summed E-state index contributed by atoms with van der Waals surface area (Å²) in [6, 6.07) is 7.79. The summed E-state index contributed by atoms with van der Waals surface area (Å²) >= 11 is 0. The van der Waals surface area contributed by atoms with Crippen molar-refractivity contribution in [1.82, 2.24) is 10.3 Å². The van der Waals surface area contributed by atoms with Gasteiger partial charge in [-0.3, -0.25) is 9.78 Å². The van der Waals surface area contributed by atoms with Crippen LogP contribution in [0.2, 0.25) is 0 Å². The Morgan fingerprint density at radius 1 is 1.35 bits per heavy atom. The Morgan fingerprint density at radius 3 is 3.10 bits per heavy atom. The first kappa shape index (κ1) is 13.0. The van der Waals surface area contributed by atoms with Gasteiger partial charge < -0.3 is 15.4 Å². The van der Waals surface area contributed by atoms with Crippen molar-refractivity contribution in [1.29, 1.82) is 0 Å². The Bertz CT molecular complexity index is 624. The number of carbonyl (C=O) groups is 1. The van der Waals surface area contributed by atoms with Crippen molar-refractivity contribution in [2.75, 3.05) is 25.6 Å². The molecule has 0 bridgehead atoms. The number of nitrogens with one attached hydrogen (secondary N) is 2. The van der Waals surface area contributed by atoms with Gasteiger partial charge in [0.15, 0.2) is 0 Å². The van der Waals surface area contributed by atoms with Gasteiger partial charge >= 0.3 is 0 Å². The van der Waals surface area contributed by atoms with Crippen LogP contribution >= 0.6 is 0 Å². The lowest BCUT2D eigenvalue weighted by molar-refractivity contribution is -0.120. The molecule has 0 aliphatic carbocycles. The molecular weight excluding hydrogens is 254 g/mol. The maximum absolute atomic E-state index is 12.4. The van der Waals surface area contributed by atoms with E-state index in [1.807, 2.05) is 31.3 Å². The van der Waals surface area contributed by atoms with Gasteiger partial charge in [-0.1, -0.05) is 12.1 Å². The van der Waals surface area contributed by atoms with Crippen LogP contribution in [0.25, 0.3) is 10.8 Å². The Kier molecular flexibility index (Phi) is 3.62. The number of likely N-dealkylation sites (N-methyl/N-ethyl adjacent to an activating group) is 1. The van der Waals surface area contributed by atoms with Crippen LogP contribution in [0.1, 0.15) is 0 Å². The zero-order valence-electron chi connectivity index (χ0n) is 11.3. The summed E-state index contributed by atoms with van der Waals surface area (Å²) in [7, 11) is 1.85. The normalized spacial score (nSPS) is 22.1. The monoisotopic (exact) mass is 271 g/mol. The van der Waals surface area contributed by atoms with E-state index in [0.717, 1.165) is 16.5 Å². The highest BCUT2D eigenvalue weighted by molar-refractivity contribution is 6.02. The van der Waals surface area contributed by atoms with Crippen molar-refractivity contribution >= 4 is 22.4 Å². The Morgan fingerprint density at radius 2 is 2.25 bits per heavy atom. The third-order valence-corrected chi connectivity index (χ3v) is 3.73. The molecule has 2 heterocycles. The van der Waals surface area contributed by atoms with Gasteiger partial charge in [0.25, 0.3) is 0 Å². The Balaban J connectivity index is 1.84. The smallest absolute Gasteiger partial charge is 0.231 e. The highest BCUT2D eigenvalue weighted by Crippen LogP contribution is 2.24. The lowest BCUT2D eigenvalue weighted by Crippen LogP contribution is -2.39. The van der Waals surface area contributed by atoms with E-state index >= 15 is 0 Å². The summed E-state index contributed by atoms with van der Waals surface area (Å²) in [6.45, 7) is 1.04. The average Bonchev–Trinajstić information content (AvgIpc) is 2.96. The number of pyridine rings is 1. The van der Waals surface area contributed by atoms with Crippen LogP contribution in [-0.2, 0) is 9.53 Å². The number of hydrogen-bond acceptors (Lipinski definition) is 4. The lowest BCUT2D eigenvalue weighted by atomic mass is 10.0. The minimum atomic E-state index is -0.155. The number of nitrogens with zero attached hydrogens (tertiary/aromatic N) is 1. The molecule has 1 saturated heterocycles. The highest BCUT2D eigenvalue weighted by atomic mass is 16.5. The Hall–Kier alpha value is -1.98. The summed E-state index contributed by atoms with van der Waals surface area (Å²) in [6.07, 6.45) is 3.52. The molecule has 2 aromatic rings. The number of aromatic nitrogens is 1. The van der Waals surface area contributed by atoms with E-state index < -0.39 is 0 Å². The molecule has 5 nitrogen and oxygen atoms in total. The quantitative estimate of drug-likeness (QED) is 0.886. The zero-order chi connectivity index (χ0) is 13.9. The van der Waals surface area contributed by atoms with Gasteiger partial charge in [0.05, 0.1) is 19.1 Å². The summed E-state index contributed by atoms with van der Waals surface area (Å²) in [5.41, 5.74) is 0.816. The largest absolute Gasteiger partial charge is 0.379 e. The van der Waals surface area contributed by atoms with Gasteiger partial charge in [0, 0.05) is 34.9 Å². The van der Waals surface area contributed by atoms with Gasteiger partial charge in [-0.15, -0.1) is 0 Å². The fourth-order valence-corrected chi connectivity index (χ4v) is 2.55. The fourth-order valence-electron chi connectivity index (χ4n) is 2.55. The van der Waals surface area contributed by atoms with E-state index in [1.54, 1.807) is 12.4 Å². The molecule has 1 aromatic heterocycles. The molecule has 20 heavy (non-hydrogen) atoms. The number of carbonyl (C=O) groups excluding carboxylic acids is 1. The summed E-state index contributed by atoms with van der Waals surface area (Å²) in [5, 5.41) is 8.13. The second-order valence-corrected chi connectivity index (χ2v) is 4.93. The number of ether oxygens (including phenoxy) is 1. The van der Waals surface area contributed by atoms with E-state index in [2.05, 4.69) is 15.6 Å². The van der Waals surface area contributed by atoms with Crippen molar-refractivity contribution in [3.8, 4) is 0 Å². The predicted octanol–water partition coefficient (Wildman–Crippen LogP) is 1.41. The molecule has 1 aromatic carbocycles. The van der Waals surface area contributed by atoms with E-state index in [0.29, 0.717) is 13.2 Å². The molecule has 1 amide bonds. The summed E-state index contributed by atoms with van der Waals surface area (Å²) in [5.74, 6) is -0.164. The first-order valence-corrected chi connectivity index (χ1v) is 6.68. The van der Waals surface area contributed by atoms with Gasteiger partial charge in [-0.2, -0.15) is 0 Å². The third-order valence-electron chi connectivity index (χ3n) is 3.73. The fraction of sp³-hybridized carbons (Fsp3) is 0.333. The summed E-state index contributed by atoms with van der Waals surface area (Å²) < 4.78 is 5.37. The molecule has 0 radical (unpaired) electrons. The van der Waals surface area contributed by atoms with Crippen LogP contribution in [0, 0.1) is 5.92 Å². The molecule has 2 N–H and O–H groups in total. The SMILES string of the molecule is CNC1COCC1C(=O)Nc1cccc2cnccc12. The second-order valence-electron chi connectivity index (χ2n) is 4.93. The molecule has 3 rings (SSSR count). The number of rotatable bonds is 3. The number of hydrogen-bond donors (Lipinski definition) is 2. The van der Waals surface area contributed by atoms with E-state index in [4.69, 9.17) is 4.74 Å². The second kappa shape index (κ2) is 5.56. The molecule has 5 heteroatoms. The van der Waals surface area contributed by atoms with Crippen LogP contribution in [0.3, 0.4) is 0 Å². The molecule has 1 aliphatic heterocycles. The molecule has 0 spiro atoms. The van der Waals surface area contributed by atoms with Crippen molar-refractivity contribution in [2.45, 2.75) is 6.04 Å². The van der Waals surface area contributed by atoms with Crippen molar-refractivity contribution in [2.24, 2.45) is 5.92 Å². The maximum atomic E-state index is 12.4. The van der Waals surface area contributed by atoms with E-state index in [1.165, 1.54) is 0 Å². The molecule has 104 valence electrons. The van der Waals surface area contributed by atoms with E-state index in [-0.39, 0.29) is 17.9 Å². The van der Waals surface area contributed by atoms with Crippen molar-refractivity contribution < 1.29 is 9.53 Å². The molecule has 1 fully saturated rings. The first-order valence-electron chi connectivity index (χ1n) is 6.68. The molecule has 2 unspecified atom stereocenters. The minimum absolute atomic E-state index is 0.00818. The van der Waals surface area contributed by atoms with Gasteiger partial charge in [-0.05, 0) is 19.2 Å². The maximum Gasteiger partial charge on any atom is 0.231 e. The molecule has 2 atom stereocenters. The number of fused-ring (bicyclic) bond motifs is 1. The number of benzene rings is 1. The third kappa shape index (κ3) is 2.37. The lowest BCUT2D eigenvalue weighted by Gasteiger charge is -2.17. The summed E-state index contributed by atoms with van der Waals surface area (Å²) in [4.78, 5) is 16.5. The molecule has 0 saturated carbocycles. The molecular formula is C15H17N3O2. The average molecular weight is 271 g/mol. The number of amides is 1. The van der Waals surface area contributed by atoms with Crippen molar-refractivity contribution in [3.05, 3.63) is 36.7 Å². The first-order chi connectivity index (χ1) is 9.79. The van der Waals surface area contributed by atoms with Gasteiger partial charge in [0.1, 0.15) is 0 Å². The topological polar surface area (TPSA) is 63.2 Å². The van der Waals surface area contributed by atoms with Crippen LogP contribution in [-0.4, -0.2) is 37.2 Å². The van der Waals surface area contributed by atoms with Crippen LogP contribution in [0.5, 0.6) is 0 Å². The van der Waals surface area contributed by atoms with Crippen LogP contribution in [0.15, 0.2) is 36.7 Å². The zero-order valence-corrected chi connectivity index (χ0v) is 11.3. The van der Waals surface area contributed by atoms with Gasteiger partial charge in [0.2, 0.25) is 5.91 Å². The predicted molar refractivity (Wildman–Crippen MR) is 77.5 cm³/mol. The molecule has 1 aliphatic rings. The highest BCUT2D eigenvalue weighted by Gasteiger charge is 2.33. The van der Waals surface area contributed by atoms with Crippen LogP contribution in [0.4, 0.5) is 5.69 Å². The van der Waals surface area contributed by atoms with Crippen molar-refractivity contribution in [3.63, 3.8) is 0 Å². The van der Waals surface area contributed by atoms with E-state index in [9.17, 15) is 4.79 Å². The number of anilines is 1. The van der Waals surface area contributed by atoms with Gasteiger partial charge in [-0.25, -0.2) is 0 Å². The van der Waals surface area contributed by atoms with Crippen LogP contribution < -0.4 is 10.6 Å². The minimum Gasteiger partial charge on any atom is -0.379 e.